The third kappa shape index (κ3) is 16.6. The minimum atomic E-state index is -0.0510. The number of aliphatic hydroxyl groups excluding tert-OH is 2. The van der Waals surface area contributed by atoms with E-state index in [1.807, 2.05) is 34.0 Å². The predicted octanol–water partition coefficient (Wildman–Crippen LogP) is 5.15. The summed E-state index contributed by atoms with van der Waals surface area (Å²) < 4.78 is 33.4. The minimum Gasteiger partial charge on any atom is -0.394 e. The monoisotopic (exact) mass is 785 g/mol. The van der Waals surface area contributed by atoms with Crippen LogP contribution in [0, 0.1) is 13.8 Å². The predicted molar refractivity (Wildman–Crippen MR) is 221 cm³/mol. The van der Waals surface area contributed by atoms with Gasteiger partial charge in [-0.2, -0.15) is 0 Å². The van der Waals surface area contributed by atoms with Gasteiger partial charge in [0.1, 0.15) is 13.2 Å². The molecule has 0 fully saturated rings. The molecular weight excluding hydrogens is 718 g/mol. The van der Waals surface area contributed by atoms with Crippen LogP contribution in [-0.2, 0) is 38.1 Å². The van der Waals surface area contributed by atoms with Crippen LogP contribution in [-0.4, -0.2) is 143 Å². The van der Waals surface area contributed by atoms with Crippen molar-refractivity contribution in [3.8, 4) is 0 Å². The van der Waals surface area contributed by atoms with Crippen LogP contribution in [0.25, 0.3) is 0 Å². The molecule has 0 aliphatic heterocycles. The van der Waals surface area contributed by atoms with Crippen LogP contribution in [0.1, 0.15) is 47.6 Å². The molecule has 13 nitrogen and oxygen atoms in total. The van der Waals surface area contributed by atoms with Gasteiger partial charge in [-0.3, -0.25) is 0 Å². The molecular formula is C43H67N3O10. The van der Waals surface area contributed by atoms with Crippen LogP contribution < -0.4 is 15.0 Å². The Labute approximate surface area is 334 Å². The molecule has 0 aliphatic rings. The van der Waals surface area contributed by atoms with Crippen molar-refractivity contribution in [1.29, 1.82) is 0 Å². The van der Waals surface area contributed by atoms with E-state index < -0.39 is 0 Å². The van der Waals surface area contributed by atoms with Gasteiger partial charge < -0.3 is 48.4 Å². The molecule has 13 heteroatoms. The van der Waals surface area contributed by atoms with Crippen molar-refractivity contribution in [3.05, 3.63) is 88.5 Å². The van der Waals surface area contributed by atoms with E-state index in [0.717, 1.165) is 28.2 Å². The van der Waals surface area contributed by atoms with Gasteiger partial charge in [0.25, 0.3) is 0 Å². The average molecular weight is 786 g/mol. The summed E-state index contributed by atoms with van der Waals surface area (Å²) in [4.78, 5) is 16.5. The van der Waals surface area contributed by atoms with Crippen LogP contribution in [0.15, 0.2) is 60.7 Å². The summed E-state index contributed by atoms with van der Waals surface area (Å²) in [6.45, 7) is 15.7. The molecule has 0 heterocycles. The zero-order valence-corrected chi connectivity index (χ0v) is 34.6. The number of aryl methyl sites for hydroxylation is 2. The second-order valence-electron chi connectivity index (χ2n) is 13.2. The first-order valence-corrected chi connectivity index (χ1v) is 19.8. The van der Waals surface area contributed by atoms with Gasteiger partial charge in [0, 0.05) is 57.7 Å². The van der Waals surface area contributed by atoms with Crippen LogP contribution in [0.5, 0.6) is 0 Å². The Morgan fingerprint density at radius 1 is 0.500 bits per heavy atom. The molecule has 0 aromatic heterocycles. The maximum absolute atomic E-state index is 9.23. The fourth-order valence-corrected chi connectivity index (χ4v) is 6.10. The maximum Gasteiger partial charge on any atom is 0.101 e. The maximum atomic E-state index is 9.23. The molecule has 0 spiro atoms. The average Bonchev–Trinajstić information content (AvgIpc) is 3.20. The van der Waals surface area contributed by atoms with E-state index in [-0.39, 0.29) is 19.1 Å². The third-order valence-corrected chi connectivity index (χ3v) is 8.95. The molecule has 2 N–H and O–H groups in total. The Kier molecular flexibility index (Phi) is 23.6. The normalized spacial score (nSPS) is 11.9. The van der Waals surface area contributed by atoms with Crippen molar-refractivity contribution in [2.45, 2.75) is 33.6 Å². The summed E-state index contributed by atoms with van der Waals surface area (Å²) in [5, 5.41) is 19.6. The number of hydrogen-bond donors (Lipinski definition) is 2. The van der Waals surface area contributed by atoms with E-state index in [1.165, 1.54) is 21.9 Å². The van der Waals surface area contributed by atoms with E-state index in [1.54, 1.807) is 0 Å². The van der Waals surface area contributed by atoms with Crippen molar-refractivity contribution >= 4 is 17.1 Å². The molecule has 0 radical (unpaired) electrons. The lowest BCUT2D eigenvalue weighted by molar-refractivity contribution is -0.112. The van der Waals surface area contributed by atoms with Gasteiger partial charge in [-0.05, 0) is 91.9 Å². The Morgan fingerprint density at radius 2 is 0.929 bits per heavy atom. The minimum absolute atomic E-state index is 0.00539. The lowest BCUT2D eigenvalue weighted by Gasteiger charge is -2.28. The van der Waals surface area contributed by atoms with Gasteiger partial charge in [0.05, 0.1) is 85.0 Å². The number of nitrogens with zero attached hydrogens (tertiary/aromatic N) is 3. The molecule has 3 aromatic carbocycles. The van der Waals surface area contributed by atoms with Crippen molar-refractivity contribution in [1.82, 2.24) is 0 Å². The van der Waals surface area contributed by atoms with Gasteiger partial charge in [-0.15, -0.1) is 5.23 Å². The van der Waals surface area contributed by atoms with E-state index >= 15 is 0 Å². The SMILES string of the molecule is CCOCCOCCON(OCCOCC)c1ccc(C(c2ccc(N(C)C)cc2)c2ccc(N(CCOCCO)CCOCCOCCO)cc2C)c(C)c1. The topological polar surface area (TPSA) is 124 Å². The van der Waals surface area contributed by atoms with E-state index in [0.29, 0.717) is 106 Å². The molecule has 0 amide bonds. The summed E-state index contributed by atoms with van der Waals surface area (Å²) in [6, 6.07) is 21.7. The first kappa shape index (κ1) is 47.0. The van der Waals surface area contributed by atoms with Gasteiger partial charge in [-0.1, -0.05) is 24.3 Å². The molecule has 0 saturated heterocycles. The third-order valence-electron chi connectivity index (χ3n) is 8.95. The van der Waals surface area contributed by atoms with Crippen LogP contribution in [0.4, 0.5) is 17.1 Å². The number of hydrogen-bond acceptors (Lipinski definition) is 13. The summed E-state index contributed by atoms with van der Waals surface area (Å²) in [5.41, 5.74) is 8.75. The van der Waals surface area contributed by atoms with Gasteiger partial charge in [-0.25, -0.2) is 9.68 Å². The zero-order chi connectivity index (χ0) is 40.4. The molecule has 0 aliphatic carbocycles. The Bertz CT molecular complexity index is 1380. The van der Waals surface area contributed by atoms with E-state index in [4.69, 9.17) is 43.2 Å². The van der Waals surface area contributed by atoms with Gasteiger partial charge in [0.15, 0.2) is 0 Å². The number of aliphatic hydroxyl groups is 2. The second-order valence-corrected chi connectivity index (χ2v) is 13.2. The summed E-state index contributed by atoms with van der Waals surface area (Å²) in [5.74, 6) is -0.0510. The lowest BCUT2D eigenvalue weighted by atomic mass is 9.81. The molecule has 0 saturated carbocycles. The van der Waals surface area contributed by atoms with Crippen LogP contribution >= 0.6 is 0 Å². The standard InChI is InChI=1S/C43H67N3O10/c1-7-49-25-26-54-30-32-56-46(55-31-29-50-8-2)40-14-16-42(36(4)34-40)43(37-9-11-38(12-10-37)44(5)6)41-15-13-39(33-35(41)3)45(17-21-51-23-19-47)18-22-52-27-28-53-24-20-48/h9-16,33-34,43,47-48H,7-8,17-32H2,1-6H3. The van der Waals surface area contributed by atoms with Crippen LogP contribution in [0.2, 0.25) is 0 Å². The largest absolute Gasteiger partial charge is 0.394 e. The highest BCUT2D eigenvalue weighted by molar-refractivity contribution is 5.59. The quantitative estimate of drug-likeness (QED) is 0.0494. The van der Waals surface area contributed by atoms with Gasteiger partial charge in [0.2, 0.25) is 0 Å². The fourth-order valence-electron chi connectivity index (χ4n) is 6.10. The highest BCUT2D eigenvalue weighted by atomic mass is 17.0. The number of benzene rings is 3. The molecule has 1 unspecified atom stereocenters. The molecule has 3 aromatic rings. The van der Waals surface area contributed by atoms with E-state index in [9.17, 15) is 5.11 Å². The van der Waals surface area contributed by atoms with Crippen molar-refractivity contribution in [2.75, 3.05) is 148 Å². The lowest BCUT2D eigenvalue weighted by Crippen LogP contribution is -2.31. The molecule has 314 valence electrons. The fraction of sp³-hybridized carbons (Fsp3) is 0.581. The zero-order valence-electron chi connectivity index (χ0n) is 34.6. The smallest absolute Gasteiger partial charge is 0.101 e. The summed E-state index contributed by atoms with van der Waals surface area (Å²) in [7, 11) is 4.10. The number of anilines is 3. The van der Waals surface area contributed by atoms with E-state index in [2.05, 4.69) is 78.2 Å². The number of rotatable bonds is 32. The Morgan fingerprint density at radius 3 is 1.45 bits per heavy atom. The number of ether oxygens (including phenoxy) is 6. The summed E-state index contributed by atoms with van der Waals surface area (Å²) in [6.07, 6.45) is 0. The highest BCUT2D eigenvalue weighted by Crippen LogP contribution is 2.38. The van der Waals surface area contributed by atoms with Crippen molar-refractivity contribution in [3.63, 3.8) is 0 Å². The second kappa shape index (κ2) is 28.1. The van der Waals surface area contributed by atoms with Crippen molar-refractivity contribution < 1.29 is 48.3 Å². The Balaban J connectivity index is 1.92. The highest BCUT2D eigenvalue weighted by Gasteiger charge is 2.23. The molecule has 1 atom stereocenters. The first-order chi connectivity index (χ1) is 27.3. The molecule has 3 rings (SSSR count). The Hall–Kier alpha value is -3.34. The summed E-state index contributed by atoms with van der Waals surface area (Å²) >= 11 is 0. The van der Waals surface area contributed by atoms with Crippen molar-refractivity contribution in [2.24, 2.45) is 0 Å². The molecule has 0 bridgehead atoms. The first-order valence-electron chi connectivity index (χ1n) is 19.8. The van der Waals surface area contributed by atoms with Gasteiger partial charge >= 0.3 is 0 Å². The van der Waals surface area contributed by atoms with Crippen LogP contribution in [0.3, 0.4) is 0 Å². The molecule has 56 heavy (non-hydrogen) atoms.